The predicted octanol–water partition coefficient (Wildman–Crippen LogP) is 4.87. The molecule has 4 rings (SSSR count). The van der Waals surface area contributed by atoms with Crippen LogP contribution in [-0.4, -0.2) is 46.2 Å². The number of alkyl halides is 3. The zero-order valence-corrected chi connectivity index (χ0v) is 20.3. The van der Waals surface area contributed by atoms with Crippen molar-refractivity contribution >= 4 is 35.2 Å². The molecule has 0 spiro atoms. The Bertz CT molecular complexity index is 1340. The molecule has 0 aliphatic carbocycles. The molecule has 3 aromatic rings. The van der Waals surface area contributed by atoms with Crippen LogP contribution < -0.4 is 4.90 Å². The van der Waals surface area contributed by atoms with Crippen LogP contribution in [0.5, 0.6) is 0 Å². The predicted molar refractivity (Wildman–Crippen MR) is 124 cm³/mol. The highest BCUT2D eigenvalue weighted by molar-refractivity contribution is 6.32. The molecule has 9 nitrogen and oxygen atoms in total. The van der Waals surface area contributed by atoms with Gasteiger partial charge in [0, 0.05) is 18.2 Å². The molecule has 1 fully saturated rings. The monoisotopic (exact) mass is 536 g/mol. The maximum Gasteiger partial charge on any atom is 0.417 e. The number of anilines is 1. The number of benzene rings is 2. The van der Waals surface area contributed by atoms with Gasteiger partial charge in [-0.3, -0.25) is 19.4 Å². The average molecular weight is 537 g/mol. The minimum atomic E-state index is -4.73. The molecule has 1 aromatic heterocycles. The van der Waals surface area contributed by atoms with Gasteiger partial charge in [0.15, 0.2) is 5.92 Å². The molecule has 2 heterocycles. The summed E-state index contributed by atoms with van der Waals surface area (Å²) in [4.78, 5) is 41.0. The van der Waals surface area contributed by atoms with Crippen molar-refractivity contribution in [2.75, 3.05) is 18.1 Å². The number of nitrogens with zero attached hydrogens (tertiary/aromatic N) is 4. The summed E-state index contributed by atoms with van der Waals surface area (Å²) in [5, 5.41) is 7.05. The van der Waals surface area contributed by atoms with Crippen molar-refractivity contribution in [1.29, 1.82) is 0 Å². The van der Waals surface area contributed by atoms with E-state index in [0.29, 0.717) is 22.0 Å². The van der Waals surface area contributed by atoms with Crippen molar-refractivity contribution in [2.45, 2.75) is 26.6 Å². The summed E-state index contributed by atoms with van der Waals surface area (Å²) >= 11 is 5.99. The Morgan fingerprint density at radius 1 is 1.16 bits per heavy atom. The highest BCUT2D eigenvalue weighted by Gasteiger charge is 2.44. The second-order valence-corrected chi connectivity index (χ2v) is 8.45. The van der Waals surface area contributed by atoms with E-state index in [4.69, 9.17) is 20.8 Å². The van der Waals surface area contributed by atoms with Crippen molar-refractivity contribution in [3.8, 4) is 11.5 Å². The second-order valence-electron chi connectivity index (χ2n) is 8.07. The number of aromatic nitrogens is 2. The number of urea groups is 1. The van der Waals surface area contributed by atoms with Crippen LogP contribution in [-0.2, 0) is 27.0 Å². The Balaban J connectivity index is 1.68. The van der Waals surface area contributed by atoms with Crippen LogP contribution in [0.1, 0.15) is 23.9 Å². The largest absolute Gasteiger partial charge is 0.465 e. The Hall–Kier alpha value is -3.93. The van der Waals surface area contributed by atoms with Gasteiger partial charge in [0.25, 0.3) is 0 Å². The molecule has 3 amide bonds. The summed E-state index contributed by atoms with van der Waals surface area (Å²) in [7, 11) is 0. The molecule has 0 N–H and O–H groups in total. The van der Waals surface area contributed by atoms with Crippen LogP contribution >= 0.6 is 11.6 Å². The Kier molecular flexibility index (Phi) is 7.21. The van der Waals surface area contributed by atoms with Gasteiger partial charge < -0.3 is 9.15 Å². The van der Waals surface area contributed by atoms with Gasteiger partial charge in [0.05, 0.1) is 30.3 Å². The number of hydrogen-bond acceptors (Lipinski definition) is 7. The third-order valence-corrected chi connectivity index (χ3v) is 6.07. The first-order valence-electron chi connectivity index (χ1n) is 11.1. The van der Waals surface area contributed by atoms with E-state index in [1.54, 1.807) is 38.1 Å². The zero-order valence-electron chi connectivity index (χ0n) is 19.6. The van der Waals surface area contributed by atoms with Crippen LogP contribution in [0.15, 0.2) is 46.9 Å². The topological polar surface area (TPSA) is 106 Å². The lowest BCUT2D eigenvalue weighted by Gasteiger charge is -2.37. The SMILES string of the molecule is CCOC(=O)C1CN(c2ccc(-c3nnc(C)o3)cc2)C(=O)N(Cc2cccc(C(F)(F)F)c2Cl)C1=O. The lowest BCUT2D eigenvalue weighted by atomic mass is 10.0. The van der Waals surface area contributed by atoms with Crippen molar-refractivity contribution < 1.29 is 36.7 Å². The van der Waals surface area contributed by atoms with Crippen LogP contribution in [0.3, 0.4) is 0 Å². The van der Waals surface area contributed by atoms with Gasteiger partial charge in [-0.05, 0) is 42.8 Å². The first-order chi connectivity index (χ1) is 17.5. The molecule has 1 aliphatic heterocycles. The molecule has 1 unspecified atom stereocenters. The van der Waals surface area contributed by atoms with E-state index >= 15 is 0 Å². The summed E-state index contributed by atoms with van der Waals surface area (Å²) in [6, 6.07) is 8.70. The molecule has 1 atom stereocenters. The smallest absolute Gasteiger partial charge is 0.417 e. The molecule has 13 heteroatoms. The highest BCUT2D eigenvalue weighted by atomic mass is 35.5. The lowest BCUT2D eigenvalue weighted by molar-refractivity contribution is -0.154. The van der Waals surface area contributed by atoms with Crippen molar-refractivity contribution in [1.82, 2.24) is 15.1 Å². The van der Waals surface area contributed by atoms with Crippen LogP contribution in [0.4, 0.5) is 23.7 Å². The number of amides is 3. The molecule has 1 saturated heterocycles. The molecule has 2 aromatic carbocycles. The van der Waals surface area contributed by atoms with E-state index < -0.39 is 47.1 Å². The number of hydrogen-bond donors (Lipinski definition) is 0. The Morgan fingerprint density at radius 3 is 2.46 bits per heavy atom. The van der Waals surface area contributed by atoms with E-state index in [1.807, 2.05) is 0 Å². The Morgan fingerprint density at radius 2 is 1.86 bits per heavy atom. The first kappa shape index (κ1) is 26.1. The maximum atomic E-state index is 13.4. The van der Waals surface area contributed by atoms with Crippen molar-refractivity contribution in [2.24, 2.45) is 5.92 Å². The van der Waals surface area contributed by atoms with Gasteiger partial charge in [0.1, 0.15) is 0 Å². The minimum absolute atomic E-state index is 0.00564. The van der Waals surface area contributed by atoms with Crippen LogP contribution in [0.25, 0.3) is 11.5 Å². The summed E-state index contributed by atoms with van der Waals surface area (Å²) in [5.41, 5.74) is -0.314. The standard InChI is InChI=1S/C24H20ClF3N4O5/c1-3-36-22(34)17-12-31(16-9-7-14(8-10-16)20-30-29-13(2)37-20)23(35)32(21(17)33)11-15-5-4-6-18(19(15)25)24(26,27)28/h4-10,17H,3,11-12H2,1-2H3. The summed E-state index contributed by atoms with van der Waals surface area (Å²) in [5.74, 6) is -2.52. The maximum absolute atomic E-state index is 13.4. The van der Waals surface area contributed by atoms with Gasteiger partial charge in [-0.25, -0.2) is 4.79 Å². The zero-order chi connectivity index (χ0) is 26.9. The van der Waals surface area contributed by atoms with Gasteiger partial charge in [0.2, 0.25) is 17.7 Å². The number of halogens is 4. The van der Waals surface area contributed by atoms with E-state index in [2.05, 4.69) is 10.2 Å². The van der Waals surface area contributed by atoms with E-state index in [0.717, 1.165) is 12.1 Å². The van der Waals surface area contributed by atoms with Crippen LogP contribution in [0.2, 0.25) is 5.02 Å². The summed E-state index contributed by atoms with van der Waals surface area (Å²) in [6.45, 7) is 2.30. The number of imide groups is 1. The normalized spacial score (nSPS) is 16.3. The summed E-state index contributed by atoms with van der Waals surface area (Å²) < 4.78 is 50.4. The fourth-order valence-corrected chi connectivity index (χ4v) is 4.13. The van der Waals surface area contributed by atoms with Crippen molar-refractivity contribution in [3.63, 3.8) is 0 Å². The molecular formula is C24H20ClF3N4O5. The lowest BCUT2D eigenvalue weighted by Crippen LogP contribution is -2.58. The molecule has 0 radical (unpaired) electrons. The van der Waals surface area contributed by atoms with Crippen LogP contribution in [0, 0.1) is 12.8 Å². The third-order valence-electron chi connectivity index (χ3n) is 5.63. The van der Waals surface area contributed by atoms with E-state index in [9.17, 15) is 27.6 Å². The third kappa shape index (κ3) is 5.29. The minimum Gasteiger partial charge on any atom is -0.465 e. The van der Waals surface area contributed by atoms with Gasteiger partial charge in [-0.2, -0.15) is 13.2 Å². The fourth-order valence-electron chi connectivity index (χ4n) is 3.83. The number of esters is 1. The second kappa shape index (κ2) is 10.2. The number of carbonyl (C=O) groups is 3. The van der Waals surface area contributed by atoms with E-state index in [1.165, 1.54) is 11.0 Å². The number of carbonyl (C=O) groups excluding carboxylic acids is 3. The molecule has 194 valence electrons. The average Bonchev–Trinajstić information content (AvgIpc) is 3.28. The van der Waals surface area contributed by atoms with Crippen molar-refractivity contribution in [3.05, 3.63) is 64.5 Å². The molecule has 37 heavy (non-hydrogen) atoms. The fraction of sp³-hybridized carbons (Fsp3) is 0.292. The molecule has 0 saturated carbocycles. The number of rotatable bonds is 6. The highest BCUT2D eigenvalue weighted by Crippen LogP contribution is 2.37. The molecular weight excluding hydrogens is 517 g/mol. The molecule has 1 aliphatic rings. The number of ether oxygens (including phenoxy) is 1. The summed E-state index contributed by atoms with van der Waals surface area (Å²) in [6.07, 6.45) is -4.73. The van der Waals surface area contributed by atoms with Gasteiger partial charge in [-0.15, -0.1) is 10.2 Å². The number of aryl methyl sites for hydroxylation is 1. The molecule has 0 bridgehead atoms. The quantitative estimate of drug-likeness (QED) is 0.327. The van der Waals surface area contributed by atoms with Gasteiger partial charge >= 0.3 is 18.2 Å². The Labute approximate surface area is 213 Å². The van der Waals surface area contributed by atoms with E-state index in [-0.39, 0.29) is 24.6 Å². The first-order valence-corrected chi connectivity index (χ1v) is 11.4. The van der Waals surface area contributed by atoms with Gasteiger partial charge in [-0.1, -0.05) is 23.7 Å².